The summed E-state index contributed by atoms with van der Waals surface area (Å²) in [6.07, 6.45) is 0.953. The molecule has 0 bridgehead atoms. The van der Waals surface area contributed by atoms with Crippen LogP contribution in [0.15, 0.2) is 12.1 Å². The van der Waals surface area contributed by atoms with Crippen molar-refractivity contribution < 1.29 is 14.3 Å². The standard InChI is InChI=1S/C10H10FNO2/c11-9-7(5-13)2-1-6-3-4-8(14)12-10(6)9/h1-2,13H,3-5H2,(H,12,14). The summed E-state index contributed by atoms with van der Waals surface area (Å²) < 4.78 is 13.6. The molecule has 1 aromatic carbocycles. The van der Waals surface area contributed by atoms with Crippen LogP contribution in [0.5, 0.6) is 0 Å². The van der Waals surface area contributed by atoms with Gasteiger partial charge in [0.1, 0.15) is 0 Å². The molecule has 0 radical (unpaired) electrons. The minimum atomic E-state index is -0.516. The van der Waals surface area contributed by atoms with Gasteiger partial charge in [-0.3, -0.25) is 4.79 Å². The van der Waals surface area contributed by atoms with Gasteiger partial charge in [-0.1, -0.05) is 12.1 Å². The lowest BCUT2D eigenvalue weighted by atomic mass is 10.0. The number of anilines is 1. The monoisotopic (exact) mass is 195 g/mol. The van der Waals surface area contributed by atoms with E-state index in [9.17, 15) is 9.18 Å². The summed E-state index contributed by atoms with van der Waals surface area (Å²) >= 11 is 0. The first-order valence-corrected chi connectivity index (χ1v) is 4.43. The van der Waals surface area contributed by atoms with Gasteiger partial charge in [0.05, 0.1) is 12.3 Å². The number of hydrogen-bond acceptors (Lipinski definition) is 2. The number of fused-ring (bicyclic) bond motifs is 1. The molecule has 0 saturated heterocycles. The van der Waals surface area contributed by atoms with E-state index >= 15 is 0 Å². The van der Waals surface area contributed by atoms with Crippen molar-refractivity contribution in [3.8, 4) is 0 Å². The molecular weight excluding hydrogens is 185 g/mol. The minimum absolute atomic E-state index is 0.175. The fraction of sp³-hybridized carbons (Fsp3) is 0.300. The fourth-order valence-corrected chi connectivity index (χ4v) is 1.57. The number of rotatable bonds is 1. The molecular formula is C10H10FNO2. The van der Waals surface area contributed by atoms with Gasteiger partial charge in [-0.2, -0.15) is 0 Å². The molecule has 1 heterocycles. The number of halogens is 1. The van der Waals surface area contributed by atoms with Crippen molar-refractivity contribution in [2.24, 2.45) is 0 Å². The van der Waals surface area contributed by atoms with Crippen LogP contribution in [0.25, 0.3) is 0 Å². The highest BCUT2D eigenvalue weighted by Gasteiger charge is 2.19. The predicted molar refractivity (Wildman–Crippen MR) is 49.3 cm³/mol. The Morgan fingerprint density at radius 3 is 2.93 bits per heavy atom. The third-order valence-electron chi connectivity index (χ3n) is 2.36. The summed E-state index contributed by atoms with van der Waals surface area (Å²) in [5, 5.41) is 11.3. The number of nitrogens with one attached hydrogen (secondary N) is 1. The Morgan fingerprint density at radius 1 is 1.43 bits per heavy atom. The zero-order valence-corrected chi connectivity index (χ0v) is 7.51. The van der Waals surface area contributed by atoms with Gasteiger partial charge < -0.3 is 10.4 Å². The maximum atomic E-state index is 13.6. The van der Waals surface area contributed by atoms with Crippen LogP contribution in [0, 0.1) is 5.82 Å². The van der Waals surface area contributed by atoms with Crippen molar-refractivity contribution in [2.45, 2.75) is 19.4 Å². The van der Waals surface area contributed by atoms with Crippen LogP contribution in [0.4, 0.5) is 10.1 Å². The molecule has 2 N–H and O–H groups in total. The van der Waals surface area contributed by atoms with E-state index in [0.717, 1.165) is 5.56 Å². The van der Waals surface area contributed by atoms with Crippen LogP contribution >= 0.6 is 0 Å². The van der Waals surface area contributed by atoms with Crippen molar-refractivity contribution in [3.63, 3.8) is 0 Å². The maximum absolute atomic E-state index is 13.6. The van der Waals surface area contributed by atoms with E-state index in [1.54, 1.807) is 12.1 Å². The van der Waals surface area contributed by atoms with E-state index in [-0.39, 0.29) is 23.8 Å². The molecule has 4 heteroatoms. The summed E-state index contributed by atoms with van der Waals surface area (Å²) in [7, 11) is 0. The number of amides is 1. The molecule has 0 spiro atoms. The van der Waals surface area contributed by atoms with Gasteiger partial charge in [0, 0.05) is 12.0 Å². The second-order valence-electron chi connectivity index (χ2n) is 3.28. The third kappa shape index (κ3) is 1.37. The fourth-order valence-electron chi connectivity index (χ4n) is 1.57. The molecule has 1 amide bonds. The van der Waals surface area contributed by atoms with Gasteiger partial charge in [-0.05, 0) is 12.0 Å². The molecule has 0 saturated carbocycles. The van der Waals surface area contributed by atoms with Crippen LogP contribution < -0.4 is 5.32 Å². The second kappa shape index (κ2) is 3.38. The largest absolute Gasteiger partial charge is 0.392 e. The Hall–Kier alpha value is -1.42. The Bertz CT molecular complexity index is 390. The summed E-state index contributed by atoms with van der Waals surface area (Å²) in [6.45, 7) is -0.352. The highest BCUT2D eigenvalue weighted by molar-refractivity contribution is 5.94. The Balaban J connectivity index is 2.50. The van der Waals surface area contributed by atoms with E-state index in [2.05, 4.69) is 5.32 Å². The van der Waals surface area contributed by atoms with Gasteiger partial charge in [-0.25, -0.2) is 4.39 Å². The van der Waals surface area contributed by atoms with Crippen molar-refractivity contribution in [1.29, 1.82) is 0 Å². The third-order valence-corrected chi connectivity index (χ3v) is 2.36. The Kier molecular flexibility index (Phi) is 2.21. The zero-order valence-electron chi connectivity index (χ0n) is 7.51. The summed E-state index contributed by atoms with van der Waals surface area (Å²) in [6, 6.07) is 3.29. The number of aliphatic hydroxyl groups is 1. The van der Waals surface area contributed by atoms with Gasteiger partial charge in [0.15, 0.2) is 5.82 Å². The van der Waals surface area contributed by atoms with Crippen LogP contribution in [0.1, 0.15) is 17.5 Å². The van der Waals surface area contributed by atoms with Crippen LogP contribution in [-0.4, -0.2) is 11.0 Å². The molecule has 3 nitrogen and oxygen atoms in total. The number of carbonyl (C=O) groups is 1. The van der Waals surface area contributed by atoms with Crippen molar-refractivity contribution in [3.05, 3.63) is 29.1 Å². The quantitative estimate of drug-likeness (QED) is 0.707. The zero-order chi connectivity index (χ0) is 10.1. The average molecular weight is 195 g/mol. The van der Waals surface area contributed by atoms with Crippen LogP contribution in [0.2, 0.25) is 0 Å². The van der Waals surface area contributed by atoms with E-state index in [0.29, 0.717) is 12.8 Å². The summed E-state index contributed by atoms with van der Waals surface area (Å²) in [5.41, 5.74) is 1.23. The summed E-state index contributed by atoms with van der Waals surface area (Å²) in [4.78, 5) is 11.0. The number of benzene rings is 1. The molecule has 1 aliphatic rings. The molecule has 0 aromatic heterocycles. The molecule has 0 unspecified atom stereocenters. The first-order valence-electron chi connectivity index (χ1n) is 4.43. The average Bonchev–Trinajstić information content (AvgIpc) is 2.20. The lowest BCUT2D eigenvalue weighted by molar-refractivity contribution is -0.116. The van der Waals surface area contributed by atoms with Gasteiger partial charge in [0.2, 0.25) is 5.91 Å². The van der Waals surface area contributed by atoms with E-state index in [4.69, 9.17) is 5.11 Å². The molecule has 1 aliphatic heterocycles. The number of hydrogen-bond donors (Lipinski definition) is 2. The Labute approximate surface area is 80.6 Å². The summed E-state index contributed by atoms with van der Waals surface area (Å²) in [5.74, 6) is -0.690. The molecule has 14 heavy (non-hydrogen) atoms. The molecule has 0 fully saturated rings. The molecule has 2 rings (SSSR count). The lowest BCUT2D eigenvalue weighted by Crippen LogP contribution is -2.20. The highest BCUT2D eigenvalue weighted by atomic mass is 19.1. The predicted octanol–water partition coefficient (Wildman–Crippen LogP) is 1.20. The SMILES string of the molecule is O=C1CCc2ccc(CO)c(F)c2N1. The highest BCUT2D eigenvalue weighted by Crippen LogP contribution is 2.27. The lowest BCUT2D eigenvalue weighted by Gasteiger charge is -2.18. The minimum Gasteiger partial charge on any atom is -0.392 e. The second-order valence-corrected chi connectivity index (χ2v) is 3.28. The number of aryl methyl sites for hydroxylation is 1. The van der Waals surface area contributed by atoms with Crippen LogP contribution in [-0.2, 0) is 17.8 Å². The first-order chi connectivity index (χ1) is 6.72. The van der Waals surface area contributed by atoms with Gasteiger partial charge >= 0.3 is 0 Å². The van der Waals surface area contributed by atoms with Gasteiger partial charge in [-0.15, -0.1) is 0 Å². The van der Waals surface area contributed by atoms with E-state index < -0.39 is 5.82 Å². The number of carbonyl (C=O) groups excluding carboxylic acids is 1. The van der Waals surface area contributed by atoms with Gasteiger partial charge in [0.25, 0.3) is 0 Å². The molecule has 0 atom stereocenters. The van der Waals surface area contributed by atoms with Crippen molar-refractivity contribution >= 4 is 11.6 Å². The number of aliphatic hydroxyl groups excluding tert-OH is 1. The smallest absolute Gasteiger partial charge is 0.224 e. The molecule has 0 aliphatic carbocycles. The topological polar surface area (TPSA) is 49.3 Å². The molecule has 74 valence electrons. The molecule has 1 aromatic rings. The Morgan fingerprint density at radius 2 is 2.21 bits per heavy atom. The maximum Gasteiger partial charge on any atom is 0.224 e. The van der Waals surface area contributed by atoms with Crippen molar-refractivity contribution in [2.75, 3.05) is 5.32 Å². The first kappa shape index (κ1) is 9.15. The normalized spacial score (nSPS) is 14.9. The van der Waals surface area contributed by atoms with E-state index in [1.165, 1.54) is 0 Å². The van der Waals surface area contributed by atoms with Crippen LogP contribution in [0.3, 0.4) is 0 Å². The van der Waals surface area contributed by atoms with E-state index in [1.807, 2.05) is 0 Å². The van der Waals surface area contributed by atoms with Crippen molar-refractivity contribution in [1.82, 2.24) is 0 Å².